The minimum atomic E-state index is -4.55. The molecule has 34 heteroatoms. The van der Waals surface area contributed by atoms with Gasteiger partial charge in [0.2, 0.25) is 0 Å². The van der Waals surface area contributed by atoms with E-state index in [0.29, 0.717) is 0 Å². The van der Waals surface area contributed by atoms with Crippen LogP contribution in [0, 0.1) is 0 Å². The molecule has 0 fully saturated rings. The molecule has 0 aromatic heterocycles. The molecular formula is C10H40N2O24P8. The van der Waals surface area contributed by atoms with E-state index in [9.17, 15) is 36.5 Å². The molecule has 0 heterocycles. The molecule has 0 spiro atoms. The van der Waals surface area contributed by atoms with E-state index >= 15 is 0 Å². The first-order chi connectivity index (χ1) is 18.7. The van der Waals surface area contributed by atoms with Crippen molar-refractivity contribution in [3.05, 3.63) is 0 Å². The van der Waals surface area contributed by atoms with Gasteiger partial charge in [-0.25, -0.2) is 0 Å². The van der Waals surface area contributed by atoms with E-state index in [-0.39, 0.29) is 0 Å². The van der Waals surface area contributed by atoms with Crippen LogP contribution in [0.4, 0.5) is 0 Å². The predicted octanol–water partition coefficient (Wildman–Crippen LogP) is -2.34. The maximum Gasteiger partial charge on any atom is 0.337 e. The Morgan fingerprint density at radius 3 is 0.432 bits per heavy atom. The summed E-state index contributed by atoms with van der Waals surface area (Å²) < 4.78 is 78.8. The molecule has 0 unspecified atom stereocenters. The van der Waals surface area contributed by atoms with Gasteiger partial charge < -0.3 is 89.8 Å². The maximum atomic E-state index is 9.85. The standard InChI is InChI=1S/C6H16N2.4CH6O6P2/c7-5-3-1-2-4-6-8;4*2-8(3,4)1-9(5,6)7/h1-8H2;4*1H2,(H2,2,3,4)(H2,5,6,7). The summed E-state index contributed by atoms with van der Waals surface area (Å²) >= 11 is 0. The van der Waals surface area contributed by atoms with Gasteiger partial charge in [0, 0.05) is 0 Å². The Morgan fingerprint density at radius 2 is 0.386 bits per heavy atom. The molecule has 0 atom stereocenters. The zero-order chi connectivity index (χ0) is 37.1. The van der Waals surface area contributed by atoms with Crippen LogP contribution in [0.5, 0.6) is 0 Å². The Hall–Kier alpha value is 1.12. The van der Waals surface area contributed by atoms with Crippen molar-refractivity contribution in [1.82, 2.24) is 0 Å². The van der Waals surface area contributed by atoms with Crippen LogP contribution in [-0.2, 0) is 36.5 Å². The van der Waals surface area contributed by atoms with E-state index in [2.05, 4.69) is 0 Å². The smallest absolute Gasteiger partial charge is 0.330 e. The number of hydrogen-bond donors (Lipinski definition) is 18. The van der Waals surface area contributed by atoms with Gasteiger partial charge in [0.15, 0.2) is 23.6 Å². The average Bonchev–Trinajstić information content (AvgIpc) is 2.55. The van der Waals surface area contributed by atoms with E-state index in [0.717, 1.165) is 25.9 Å². The van der Waals surface area contributed by atoms with Crippen LogP contribution in [-0.4, -0.2) is 115 Å². The van der Waals surface area contributed by atoms with Crippen LogP contribution in [0.1, 0.15) is 25.7 Å². The van der Waals surface area contributed by atoms with E-state index in [1.807, 2.05) is 0 Å². The lowest BCUT2D eigenvalue weighted by molar-refractivity contribution is 0.352. The van der Waals surface area contributed by atoms with Crippen molar-refractivity contribution in [2.45, 2.75) is 25.7 Å². The summed E-state index contributed by atoms with van der Waals surface area (Å²) in [5.41, 5.74) is 10.6. The fourth-order valence-corrected chi connectivity index (χ4v) is 9.28. The fourth-order valence-electron chi connectivity index (χ4n) is 1.60. The number of nitrogens with two attached hydrogens (primary N) is 2. The maximum absolute atomic E-state index is 9.85. The van der Waals surface area contributed by atoms with Crippen LogP contribution in [0.3, 0.4) is 0 Å². The van der Waals surface area contributed by atoms with Crippen molar-refractivity contribution in [3.63, 3.8) is 0 Å². The topological polar surface area (TPSA) is 512 Å². The quantitative estimate of drug-likeness (QED) is 0.0684. The molecule has 0 rings (SSSR count). The van der Waals surface area contributed by atoms with Crippen molar-refractivity contribution < 1.29 is 115 Å². The van der Waals surface area contributed by atoms with E-state index in [4.69, 9.17) is 89.8 Å². The molecule has 0 saturated heterocycles. The molecule has 0 bridgehead atoms. The summed E-state index contributed by atoms with van der Waals surface area (Å²) in [5, 5.41) is 0. The van der Waals surface area contributed by atoms with Crippen LogP contribution in [0.25, 0.3) is 0 Å². The van der Waals surface area contributed by atoms with Gasteiger partial charge in [0.25, 0.3) is 0 Å². The summed E-state index contributed by atoms with van der Waals surface area (Å²) in [4.78, 5) is 128. The normalized spacial score (nSPS) is 13.0. The zero-order valence-electron chi connectivity index (χ0n) is 22.2. The summed E-state index contributed by atoms with van der Waals surface area (Å²) in [7, 11) is -36.4. The number of rotatable bonds is 13. The summed E-state index contributed by atoms with van der Waals surface area (Å²) in [6.45, 7) is 1.65. The second-order valence-corrected chi connectivity index (χ2v) is 23.0. The fraction of sp³-hybridized carbons (Fsp3) is 1.00. The Labute approximate surface area is 249 Å². The highest BCUT2D eigenvalue weighted by Crippen LogP contribution is 2.53. The Kier molecular flexibility index (Phi) is 29.1. The molecule has 0 aromatic carbocycles. The van der Waals surface area contributed by atoms with Gasteiger partial charge in [-0.05, 0) is 25.9 Å². The third-order valence-corrected chi connectivity index (χ3v) is 14.4. The number of unbranched alkanes of at least 4 members (excludes halogenated alkanes) is 3. The van der Waals surface area contributed by atoms with Gasteiger partial charge in [0.05, 0.1) is 0 Å². The zero-order valence-corrected chi connectivity index (χ0v) is 29.4. The molecule has 20 N–H and O–H groups in total. The van der Waals surface area contributed by atoms with Crippen molar-refractivity contribution in [2.75, 3.05) is 36.7 Å². The monoisotopic (exact) mass is 820 g/mol. The highest BCUT2D eigenvalue weighted by Gasteiger charge is 2.28. The highest BCUT2D eigenvalue weighted by atomic mass is 31.3. The molecule has 0 aliphatic rings. The van der Waals surface area contributed by atoms with Crippen LogP contribution in [0.15, 0.2) is 0 Å². The minimum absolute atomic E-state index is 0.824. The van der Waals surface area contributed by atoms with Gasteiger partial charge in [0.1, 0.15) is 0 Å². The Bertz CT molecular complexity index is 889. The first kappa shape index (κ1) is 54.6. The molecule has 0 aliphatic carbocycles. The van der Waals surface area contributed by atoms with Gasteiger partial charge >= 0.3 is 60.8 Å². The molecule has 0 saturated carbocycles. The summed E-state index contributed by atoms with van der Waals surface area (Å²) in [6, 6.07) is 0. The predicted molar refractivity (Wildman–Crippen MR) is 152 cm³/mol. The highest BCUT2D eigenvalue weighted by molar-refractivity contribution is 7.70. The van der Waals surface area contributed by atoms with E-state index < -0.39 is 84.4 Å². The van der Waals surface area contributed by atoms with Crippen molar-refractivity contribution >= 4 is 60.8 Å². The Balaban J connectivity index is -0.000000144. The molecule has 44 heavy (non-hydrogen) atoms. The largest absolute Gasteiger partial charge is 0.337 e. The summed E-state index contributed by atoms with van der Waals surface area (Å²) in [6.07, 6.45) is 4.79. The third kappa shape index (κ3) is 84.3. The third-order valence-electron chi connectivity index (χ3n) is 2.63. The Morgan fingerprint density at radius 1 is 0.273 bits per heavy atom. The van der Waals surface area contributed by atoms with Gasteiger partial charge in [-0.2, -0.15) is 0 Å². The van der Waals surface area contributed by atoms with Crippen LogP contribution in [0.2, 0.25) is 0 Å². The van der Waals surface area contributed by atoms with Crippen molar-refractivity contribution in [3.8, 4) is 0 Å². The molecule has 26 nitrogen and oxygen atoms in total. The lowest BCUT2D eigenvalue weighted by Crippen LogP contribution is -2.00. The first-order valence-corrected chi connectivity index (χ1v) is 24.9. The van der Waals surface area contributed by atoms with Crippen molar-refractivity contribution in [1.29, 1.82) is 0 Å². The van der Waals surface area contributed by atoms with Crippen LogP contribution >= 0.6 is 60.8 Å². The second kappa shape index (κ2) is 23.5. The molecule has 274 valence electrons. The SMILES string of the molecule is NCCCCCCN.O=P(O)(O)CP(=O)(O)O.O=P(O)(O)CP(=O)(O)O.O=P(O)(O)CP(=O)(O)O.O=P(O)(O)CP(=O)(O)O. The number of hydrogen-bond acceptors (Lipinski definition) is 10. The van der Waals surface area contributed by atoms with Gasteiger partial charge in [-0.3, -0.25) is 36.5 Å². The molecule has 0 radical (unpaired) electrons. The molecule has 0 aromatic rings. The summed E-state index contributed by atoms with van der Waals surface area (Å²) in [5.74, 6) is -5.50. The molecule has 0 aliphatic heterocycles. The van der Waals surface area contributed by atoms with Gasteiger partial charge in [-0.15, -0.1) is 0 Å². The van der Waals surface area contributed by atoms with E-state index in [1.54, 1.807) is 0 Å². The van der Waals surface area contributed by atoms with Crippen molar-refractivity contribution in [2.24, 2.45) is 11.5 Å². The average molecular weight is 820 g/mol. The first-order valence-electron chi connectivity index (χ1n) is 10.5. The molecular weight excluding hydrogens is 780 g/mol. The van der Waals surface area contributed by atoms with E-state index in [1.165, 1.54) is 12.8 Å². The lowest BCUT2D eigenvalue weighted by atomic mass is 10.2. The van der Waals surface area contributed by atoms with Crippen LogP contribution < -0.4 is 11.5 Å². The molecule has 0 amide bonds. The second-order valence-electron chi connectivity index (χ2n) is 7.87. The minimum Gasteiger partial charge on any atom is -0.330 e. The lowest BCUT2D eigenvalue weighted by Gasteiger charge is -2.03. The van der Waals surface area contributed by atoms with Gasteiger partial charge in [-0.1, -0.05) is 12.8 Å².